The van der Waals surface area contributed by atoms with Gasteiger partial charge < -0.3 is 5.73 Å². The van der Waals surface area contributed by atoms with E-state index in [0.717, 1.165) is 0 Å². The summed E-state index contributed by atoms with van der Waals surface area (Å²) >= 11 is 1.39. The molecule has 0 amide bonds. The summed E-state index contributed by atoms with van der Waals surface area (Å²) in [5.41, 5.74) is 5.74. The summed E-state index contributed by atoms with van der Waals surface area (Å²) in [6, 6.07) is 0. The van der Waals surface area contributed by atoms with Crippen LogP contribution < -0.4 is 11.6 Å². The minimum absolute atomic E-state index is 0.106. The van der Waals surface area contributed by atoms with Crippen LogP contribution in [0.3, 0.4) is 0 Å². The normalized spacial score (nSPS) is 30.5. The van der Waals surface area contributed by atoms with Crippen molar-refractivity contribution in [3.63, 3.8) is 0 Å². The first-order chi connectivity index (χ1) is 5.57. The van der Waals surface area contributed by atoms with E-state index in [1.807, 2.05) is 13.2 Å². The summed E-state index contributed by atoms with van der Waals surface area (Å²) in [4.78, 5) is 4.00. The Kier molecular flexibility index (Phi) is 2.71. The molecule has 0 aromatic rings. The lowest BCUT2D eigenvalue weighted by Crippen LogP contribution is -2.57. The number of aliphatic imine (C=N–C) groups is 1. The summed E-state index contributed by atoms with van der Waals surface area (Å²) in [5, 5.41) is 9.50. The lowest BCUT2D eigenvalue weighted by atomic mass is 10.1. The van der Waals surface area contributed by atoms with E-state index in [4.69, 9.17) is 17.0 Å². The van der Waals surface area contributed by atoms with Gasteiger partial charge in [-0.05, 0) is 6.26 Å². The second-order valence-corrected chi connectivity index (χ2v) is 3.44. The molecule has 1 heterocycles. The van der Waals surface area contributed by atoms with Crippen molar-refractivity contribution in [2.24, 2.45) is 22.5 Å². The molecule has 1 aliphatic heterocycles. The van der Waals surface area contributed by atoms with Gasteiger partial charge in [-0.1, -0.05) is 18.7 Å². The molecular weight excluding hydrogens is 174 g/mol. The fraction of sp³-hybridized carbons (Fsp3) is 0.667. The molecular formula is C6H13N5S. The van der Waals surface area contributed by atoms with E-state index in [-0.39, 0.29) is 12.1 Å². The van der Waals surface area contributed by atoms with Gasteiger partial charge in [0.25, 0.3) is 0 Å². The summed E-state index contributed by atoms with van der Waals surface area (Å²) in [5.74, 6) is 5.84. The van der Waals surface area contributed by atoms with Crippen LogP contribution in [-0.2, 0) is 0 Å². The number of hydrogen-bond acceptors (Lipinski definition) is 5. The maximum atomic E-state index is 7.49. The molecule has 5 nitrogen and oxygen atoms in total. The second kappa shape index (κ2) is 3.42. The Morgan fingerprint density at radius 2 is 2.25 bits per heavy atom. The third-order valence-electron chi connectivity index (χ3n) is 1.88. The van der Waals surface area contributed by atoms with Crippen LogP contribution in [0.25, 0.3) is 0 Å². The zero-order valence-electron chi connectivity index (χ0n) is 7.11. The fourth-order valence-corrected chi connectivity index (χ4v) is 1.47. The first kappa shape index (κ1) is 9.50. The predicted octanol–water partition coefficient (Wildman–Crippen LogP) is -0.207. The second-order valence-electron chi connectivity index (χ2n) is 2.67. The van der Waals surface area contributed by atoms with Gasteiger partial charge in [0, 0.05) is 0 Å². The van der Waals surface area contributed by atoms with Gasteiger partial charge in [-0.25, -0.2) is 10.8 Å². The zero-order valence-corrected chi connectivity index (χ0v) is 7.93. The summed E-state index contributed by atoms with van der Waals surface area (Å²) in [6.45, 7) is 1.84. The molecule has 0 aromatic carbocycles. The van der Waals surface area contributed by atoms with Gasteiger partial charge in [-0.3, -0.25) is 10.4 Å². The molecule has 1 aliphatic rings. The molecule has 68 valence electrons. The Hall–Kier alpha value is -0.590. The van der Waals surface area contributed by atoms with Gasteiger partial charge in [0.05, 0.1) is 5.92 Å². The minimum Gasteiger partial charge on any atom is -0.309 e. The van der Waals surface area contributed by atoms with Crippen molar-refractivity contribution < 1.29 is 0 Å². The van der Waals surface area contributed by atoms with Gasteiger partial charge in [-0.15, -0.1) is 0 Å². The highest BCUT2D eigenvalue weighted by atomic mass is 32.2. The Labute approximate surface area is 75.7 Å². The van der Waals surface area contributed by atoms with E-state index in [1.54, 1.807) is 0 Å². The third kappa shape index (κ3) is 1.45. The summed E-state index contributed by atoms with van der Waals surface area (Å²) < 4.78 is 0. The SMILES string of the molecule is CSC1=NC(=N)C(C)C(N)N1N. The van der Waals surface area contributed by atoms with Crippen molar-refractivity contribution in [1.82, 2.24) is 5.01 Å². The highest BCUT2D eigenvalue weighted by Crippen LogP contribution is 2.16. The van der Waals surface area contributed by atoms with E-state index in [2.05, 4.69) is 4.99 Å². The Balaban J connectivity index is 2.91. The van der Waals surface area contributed by atoms with Gasteiger partial charge in [-0.2, -0.15) is 0 Å². The molecule has 0 radical (unpaired) electrons. The third-order valence-corrected chi connectivity index (χ3v) is 2.55. The van der Waals surface area contributed by atoms with Crippen LogP contribution >= 0.6 is 11.8 Å². The van der Waals surface area contributed by atoms with Crippen LogP contribution in [0.1, 0.15) is 6.92 Å². The highest BCUT2D eigenvalue weighted by Gasteiger charge is 2.29. The average molecular weight is 187 g/mol. The van der Waals surface area contributed by atoms with Crippen LogP contribution in [-0.4, -0.2) is 28.4 Å². The van der Waals surface area contributed by atoms with Crippen LogP contribution in [0, 0.1) is 11.3 Å². The number of nitrogens with one attached hydrogen (secondary N) is 1. The molecule has 2 unspecified atom stereocenters. The van der Waals surface area contributed by atoms with Gasteiger partial charge in [0.1, 0.15) is 12.0 Å². The molecule has 0 bridgehead atoms. The highest BCUT2D eigenvalue weighted by molar-refractivity contribution is 8.13. The molecule has 0 aliphatic carbocycles. The van der Waals surface area contributed by atoms with Crippen molar-refractivity contribution in [2.75, 3.05) is 6.26 Å². The van der Waals surface area contributed by atoms with E-state index in [1.165, 1.54) is 16.8 Å². The molecule has 0 aromatic heterocycles. The Morgan fingerprint density at radius 1 is 1.67 bits per heavy atom. The van der Waals surface area contributed by atoms with Crippen molar-refractivity contribution in [1.29, 1.82) is 5.41 Å². The first-order valence-corrected chi connectivity index (χ1v) is 4.81. The number of thioether (sulfide) groups is 1. The number of rotatable bonds is 0. The van der Waals surface area contributed by atoms with E-state index < -0.39 is 0 Å². The maximum Gasteiger partial charge on any atom is 0.181 e. The summed E-state index contributed by atoms with van der Waals surface area (Å²) in [6.07, 6.45) is 1.52. The van der Waals surface area contributed by atoms with Crippen LogP contribution in [0.2, 0.25) is 0 Å². The topological polar surface area (TPSA) is 91.5 Å². The van der Waals surface area contributed by atoms with Crippen LogP contribution in [0.4, 0.5) is 0 Å². The fourth-order valence-electron chi connectivity index (χ4n) is 0.944. The van der Waals surface area contributed by atoms with Crippen molar-refractivity contribution >= 4 is 22.8 Å². The smallest absolute Gasteiger partial charge is 0.181 e. The van der Waals surface area contributed by atoms with Gasteiger partial charge in [0.2, 0.25) is 0 Å². The summed E-state index contributed by atoms with van der Waals surface area (Å²) in [7, 11) is 0. The predicted molar refractivity (Wildman–Crippen MR) is 51.8 cm³/mol. The van der Waals surface area contributed by atoms with Crippen molar-refractivity contribution in [3.05, 3.63) is 0 Å². The molecule has 12 heavy (non-hydrogen) atoms. The van der Waals surface area contributed by atoms with E-state index in [9.17, 15) is 0 Å². The molecule has 1 rings (SSSR count). The molecule has 2 atom stereocenters. The van der Waals surface area contributed by atoms with Crippen LogP contribution in [0.5, 0.6) is 0 Å². The van der Waals surface area contributed by atoms with E-state index in [0.29, 0.717) is 11.0 Å². The number of nitrogens with zero attached hydrogens (tertiary/aromatic N) is 2. The number of nitrogens with two attached hydrogens (primary N) is 2. The Bertz CT molecular complexity index is 226. The van der Waals surface area contributed by atoms with Gasteiger partial charge >= 0.3 is 0 Å². The quantitative estimate of drug-likeness (QED) is 0.458. The molecule has 5 N–H and O–H groups in total. The van der Waals surface area contributed by atoms with Crippen LogP contribution in [0.15, 0.2) is 4.99 Å². The number of hydrogen-bond donors (Lipinski definition) is 3. The zero-order chi connectivity index (χ0) is 9.30. The molecule has 0 fully saturated rings. The average Bonchev–Trinajstić information content (AvgIpc) is 2.08. The molecule has 6 heteroatoms. The maximum absolute atomic E-state index is 7.49. The minimum atomic E-state index is -0.336. The largest absolute Gasteiger partial charge is 0.309 e. The lowest BCUT2D eigenvalue weighted by Gasteiger charge is -2.33. The first-order valence-electron chi connectivity index (χ1n) is 3.58. The number of amidine groups is 2. The number of hydrazine groups is 1. The Morgan fingerprint density at radius 3 is 2.75 bits per heavy atom. The lowest BCUT2D eigenvalue weighted by molar-refractivity contribution is 0.283. The molecule has 0 saturated heterocycles. The van der Waals surface area contributed by atoms with E-state index >= 15 is 0 Å². The van der Waals surface area contributed by atoms with Crippen molar-refractivity contribution in [2.45, 2.75) is 13.1 Å². The van der Waals surface area contributed by atoms with Crippen molar-refractivity contribution in [3.8, 4) is 0 Å². The molecule has 0 spiro atoms. The monoisotopic (exact) mass is 187 g/mol. The standard InChI is InChI=1S/C6H13N5S/c1-3-4(7)10-6(12-2)11(9)5(3)8/h3,5,7H,8-9H2,1-2H3. The van der Waals surface area contributed by atoms with Gasteiger partial charge in [0.15, 0.2) is 5.17 Å². The molecule has 0 saturated carbocycles.